The van der Waals surface area contributed by atoms with Crippen molar-refractivity contribution in [3.8, 4) is 0 Å². The van der Waals surface area contributed by atoms with Crippen molar-refractivity contribution in [1.29, 1.82) is 0 Å². The van der Waals surface area contributed by atoms with Crippen molar-refractivity contribution < 1.29 is 9.90 Å². The van der Waals surface area contributed by atoms with Crippen molar-refractivity contribution in [1.82, 2.24) is 5.32 Å². The van der Waals surface area contributed by atoms with E-state index in [-0.39, 0.29) is 29.9 Å². The van der Waals surface area contributed by atoms with Gasteiger partial charge in [-0.25, -0.2) is 0 Å². The van der Waals surface area contributed by atoms with Gasteiger partial charge in [0.25, 0.3) is 0 Å². The van der Waals surface area contributed by atoms with Crippen LogP contribution >= 0.6 is 0 Å². The Morgan fingerprint density at radius 1 is 1.26 bits per heavy atom. The summed E-state index contributed by atoms with van der Waals surface area (Å²) in [6.07, 6.45) is 10.2. The first-order valence-corrected chi connectivity index (χ1v) is 8.81. The van der Waals surface area contributed by atoms with Crippen LogP contribution in [0.15, 0.2) is 36.4 Å². The minimum atomic E-state index is -0.380. The molecule has 0 heterocycles. The van der Waals surface area contributed by atoms with Gasteiger partial charge >= 0.3 is 0 Å². The molecule has 2 N–H and O–H groups in total. The van der Waals surface area contributed by atoms with E-state index in [1.165, 1.54) is 12.0 Å². The summed E-state index contributed by atoms with van der Waals surface area (Å²) < 4.78 is 0. The summed E-state index contributed by atoms with van der Waals surface area (Å²) >= 11 is 0. The number of nitrogens with one attached hydrogen (secondary N) is 1. The topological polar surface area (TPSA) is 49.3 Å². The van der Waals surface area contributed by atoms with Gasteiger partial charge in [0.15, 0.2) is 0 Å². The van der Waals surface area contributed by atoms with Gasteiger partial charge in [0, 0.05) is 18.6 Å². The van der Waals surface area contributed by atoms with Crippen LogP contribution in [-0.4, -0.2) is 23.7 Å². The monoisotopic (exact) mass is 313 g/mol. The highest BCUT2D eigenvalue weighted by Crippen LogP contribution is 2.40. The summed E-state index contributed by atoms with van der Waals surface area (Å²) in [4.78, 5) is 13.2. The van der Waals surface area contributed by atoms with Gasteiger partial charge in [-0.15, -0.1) is 0 Å². The van der Waals surface area contributed by atoms with Crippen molar-refractivity contribution in [3.63, 3.8) is 0 Å². The summed E-state index contributed by atoms with van der Waals surface area (Å²) in [5, 5.41) is 12.5. The smallest absolute Gasteiger partial charge is 0.231 e. The predicted molar refractivity (Wildman–Crippen MR) is 92.2 cm³/mol. The molecule has 0 radical (unpaired) electrons. The molecule has 0 aliphatic heterocycles. The van der Waals surface area contributed by atoms with Gasteiger partial charge in [-0.1, -0.05) is 61.2 Å². The van der Waals surface area contributed by atoms with E-state index in [0.29, 0.717) is 0 Å². The minimum Gasteiger partial charge on any atom is -0.396 e. The quantitative estimate of drug-likeness (QED) is 0.838. The molecule has 0 aromatic heterocycles. The Kier molecular flexibility index (Phi) is 4.86. The molecule has 1 amide bonds. The fraction of sp³-hybridized carbons (Fsp3) is 0.550. The van der Waals surface area contributed by atoms with Crippen LogP contribution in [0.3, 0.4) is 0 Å². The van der Waals surface area contributed by atoms with Crippen LogP contribution in [0.2, 0.25) is 0 Å². The number of amides is 1. The fourth-order valence-corrected chi connectivity index (χ4v) is 4.07. The number of hydrogen-bond donors (Lipinski definition) is 2. The van der Waals surface area contributed by atoms with E-state index in [2.05, 4.69) is 36.5 Å². The Morgan fingerprint density at radius 2 is 2.04 bits per heavy atom. The molecule has 0 saturated heterocycles. The third-order valence-electron chi connectivity index (χ3n) is 5.44. The van der Waals surface area contributed by atoms with Gasteiger partial charge in [-0.2, -0.15) is 0 Å². The highest BCUT2D eigenvalue weighted by molar-refractivity contribution is 5.88. The molecule has 2 atom stereocenters. The number of aryl methyl sites for hydroxylation is 1. The normalized spacial score (nSPS) is 26.2. The lowest BCUT2D eigenvalue weighted by atomic mass is 9.68. The molecule has 0 bridgehead atoms. The van der Waals surface area contributed by atoms with Crippen LogP contribution in [-0.2, 0) is 10.2 Å². The van der Waals surface area contributed by atoms with Crippen LogP contribution in [0, 0.1) is 12.8 Å². The van der Waals surface area contributed by atoms with E-state index in [1.54, 1.807) is 0 Å². The summed E-state index contributed by atoms with van der Waals surface area (Å²) in [6.45, 7) is 2.25. The van der Waals surface area contributed by atoms with Crippen LogP contribution in [0.5, 0.6) is 0 Å². The molecule has 2 aliphatic carbocycles. The molecule has 3 rings (SSSR count). The molecule has 3 nitrogen and oxygen atoms in total. The molecular formula is C20H27NO2. The second kappa shape index (κ2) is 6.88. The Hall–Kier alpha value is -1.61. The van der Waals surface area contributed by atoms with Crippen molar-refractivity contribution in [2.45, 2.75) is 56.9 Å². The van der Waals surface area contributed by atoms with Gasteiger partial charge in [0.05, 0.1) is 5.41 Å². The first-order chi connectivity index (χ1) is 11.1. The number of carbonyl (C=O) groups excluding carboxylic acids is 1. The molecule has 0 unspecified atom stereocenters. The molecule has 0 spiro atoms. The Morgan fingerprint density at radius 3 is 2.70 bits per heavy atom. The molecule has 23 heavy (non-hydrogen) atoms. The van der Waals surface area contributed by atoms with E-state index in [9.17, 15) is 9.90 Å². The lowest BCUT2D eigenvalue weighted by Gasteiger charge is -2.37. The van der Waals surface area contributed by atoms with E-state index in [1.807, 2.05) is 12.2 Å². The predicted octanol–water partition coefficient (Wildman–Crippen LogP) is 3.25. The number of rotatable bonds is 4. The minimum absolute atomic E-state index is 0.0586. The van der Waals surface area contributed by atoms with Gasteiger partial charge in [-0.3, -0.25) is 4.79 Å². The molecule has 1 fully saturated rings. The molecule has 1 saturated carbocycles. The standard InChI is InChI=1S/C20H27NO2/c1-15-6-5-7-17(12-15)20(10-3-2-4-11-20)19(23)21-18-9-8-16(13-18)14-22/h5-9,12,16,18,22H,2-4,10-11,13-14H2,1H3,(H,21,23)/t16-,18+/m0/s1. The number of hydrogen-bond acceptors (Lipinski definition) is 2. The maximum Gasteiger partial charge on any atom is 0.231 e. The summed E-state index contributed by atoms with van der Waals surface area (Å²) in [5.41, 5.74) is 1.99. The second-order valence-corrected chi connectivity index (χ2v) is 7.16. The Bertz CT molecular complexity index is 587. The van der Waals surface area contributed by atoms with Crippen LogP contribution in [0.4, 0.5) is 0 Å². The zero-order valence-corrected chi connectivity index (χ0v) is 13.9. The average Bonchev–Trinajstić information content (AvgIpc) is 3.03. The highest BCUT2D eigenvalue weighted by Gasteiger charge is 2.41. The van der Waals surface area contributed by atoms with E-state index in [0.717, 1.165) is 37.7 Å². The lowest BCUT2D eigenvalue weighted by molar-refractivity contribution is -0.128. The number of benzene rings is 1. The first kappa shape index (κ1) is 16.3. The molecule has 1 aromatic carbocycles. The van der Waals surface area contributed by atoms with Gasteiger partial charge in [-0.05, 0) is 31.7 Å². The van der Waals surface area contributed by atoms with Gasteiger partial charge < -0.3 is 10.4 Å². The van der Waals surface area contributed by atoms with E-state index in [4.69, 9.17) is 0 Å². The second-order valence-electron chi connectivity index (χ2n) is 7.16. The van der Waals surface area contributed by atoms with E-state index >= 15 is 0 Å². The molecular weight excluding hydrogens is 286 g/mol. The number of aliphatic hydroxyl groups excluding tert-OH is 1. The fourth-order valence-electron chi connectivity index (χ4n) is 4.07. The van der Waals surface area contributed by atoms with E-state index < -0.39 is 0 Å². The zero-order valence-electron chi connectivity index (χ0n) is 13.9. The van der Waals surface area contributed by atoms with Crippen molar-refractivity contribution in [2.24, 2.45) is 5.92 Å². The Balaban J connectivity index is 1.81. The van der Waals surface area contributed by atoms with Gasteiger partial charge in [0.1, 0.15) is 0 Å². The van der Waals surface area contributed by atoms with Crippen molar-refractivity contribution >= 4 is 5.91 Å². The number of aliphatic hydroxyl groups is 1. The lowest BCUT2D eigenvalue weighted by Crippen LogP contribution is -2.48. The average molecular weight is 313 g/mol. The maximum absolute atomic E-state index is 13.2. The molecule has 3 heteroatoms. The maximum atomic E-state index is 13.2. The molecule has 124 valence electrons. The third-order valence-corrected chi connectivity index (χ3v) is 5.44. The first-order valence-electron chi connectivity index (χ1n) is 8.81. The summed E-state index contributed by atoms with van der Waals surface area (Å²) in [5.74, 6) is 0.345. The highest BCUT2D eigenvalue weighted by atomic mass is 16.3. The molecule has 1 aromatic rings. The Labute approximate surface area is 138 Å². The molecule has 2 aliphatic rings. The van der Waals surface area contributed by atoms with Crippen LogP contribution in [0.1, 0.15) is 49.7 Å². The summed E-state index contributed by atoms with van der Waals surface area (Å²) in [7, 11) is 0. The van der Waals surface area contributed by atoms with Crippen molar-refractivity contribution in [3.05, 3.63) is 47.5 Å². The third kappa shape index (κ3) is 3.35. The van der Waals surface area contributed by atoms with Crippen LogP contribution in [0.25, 0.3) is 0 Å². The van der Waals surface area contributed by atoms with Gasteiger partial charge in [0.2, 0.25) is 5.91 Å². The SMILES string of the molecule is Cc1cccc(C2(C(=O)N[C@@H]3C=C[C@H](CO)C3)CCCCC2)c1. The number of carbonyl (C=O) groups is 1. The zero-order chi connectivity index (χ0) is 16.3. The van der Waals surface area contributed by atoms with Crippen molar-refractivity contribution in [2.75, 3.05) is 6.61 Å². The summed E-state index contributed by atoms with van der Waals surface area (Å²) in [6, 6.07) is 8.49. The largest absolute Gasteiger partial charge is 0.396 e. The van der Waals surface area contributed by atoms with Crippen LogP contribution < -0.4 is 5.32 Å².